The fourth-order valence-electron chi connectivity index (χ4n) is 0.842. The molecule has 0 spiro atoms. The molecule has 8 heteroatoms. The third-order valence-corrected chi connectivity index (χ3v) is 2.35. The van der Waals surface area contributed by atoms with Crippen LogP contribution in [0.1, 0.15) is 6.42 Å². The highest BCUT2D eigenvalue weighted by atomic mass is 32.1. The van der Waals surface area contributed by atoms with Crippen molar-refractivity contribution < 1.29 is 24.3 Å². The highest BCUT2D eigenvalue weighted by Crippen LogP contribution is 2.35. The van der Waals surface area contributed by atoms with Crippen molar-refractivity contribution >= 4 is 26.2 Å². The molecule has 0 aliphatic heterocycles. The summed E-state index contributed by atoms with van der Waals surface area (Å²) in [6.45, 7) is 0.0931. The smallest absolute Gasteiger partial charge is 0.348 e. The number of nitrogens with one attached hydrogen (secondary N) is 1. The van der Waals surface area contributed by atoms with Gasteiger partial charge in [-0.2, -0.15) is 12.6 Å². The number of hydrogen-bond donors (Lipinski definition) is 5. The molecule has 0 aromatic rings. The van der Waals surface area contributed by atoms with E-state index in [-0.39, 0.29) is 6.54 Å². The lowest BCUT2D eigenvalue weighted by molar-refractivity contribution is -0.139. The molecule has 0 saturated carbocycles. The summed E-state index contributed by atoms with van der Waals surface area (Å²) >= 11 is 3.90. The summed E-state index contributed by atoms with van der Waals surface area (Å²) < 4.78 is 10.4. The van der Waals surface area contributed by atoms with Crippen LogP contribution >= 0.6 is 20.2 Å². The molecule has 0 aromatic heterocycles. The second kappa shape index (κ2) is 7.03. The lowest BCUT2D eigenvalue weighted by atomic mass is 10.2. The molecular formula is C7H14NO5PS. The predicted octanol–water partition coefficient (Wildman–Crippen LogP) is 0.0405. The van der Waals surface area contributed by atoms with E-state index in [1.807, 2.05) is 0 Å². The minimum atomic E-state index is -4.15. The van der Waals surface area contributed by atoms with Gasteiger partial charge in [-0.1, -0.05) is 6.08 Å². The Kier molecular flexibility index (Phi) is 6.87. The van der Waals surface area contributed by atoms with Gasteiger partial charge in [-0.15, -0.1) is 0 Å². The third kappa shape index (κ3) is 8.65. The predicted molar refractivity (Wildman–Crippen MR) is 59.1 cm³/mol. The quantitative estimate of drug-likeness (QED) is 0.325. The number of rotatable bonds is 7. The van der Waals surface area contributed by atoms with Crippen LogP contribution in [-0.2, 0) is 9.36 Å². The van der Waals surface area contributed by atoms with Gasteiger partial charge in [0.05, 0.1) is 0 Å². The van der Waals surface area contributed by atoms with Gasteiger partial charge in [0.2, 0.25) is 0 Å². The summed E-state index contributed by atoms with van der Waals surface area (Å²) in [5.74, 6) is 0.153. The summed E-state index contributed by atoms with van der Waals surface area (Å²) in [4.78, 5) is 27.5. The van der Waals surface area contributed by atoms with E-state index in [0.29, 0.717) is 12.2 Å². The zero-order valence-corrected chi connectivity index (χ0v) is 9.69. The summed E-state index contributed by atoms with van der Waals surface area (Å²) in [5, 5.41) is 11.3. The van der Waals surface area contributed by atoms with Gasteiger partial charge in [-0.25, -0.2) is 0 Å². The van der Waals surface area contributed by atoms with Crippen LogP contribution in [0.15, 0.2) is 11.9 Å². The van der Waals surface area contributed by atoms with Gasteiger partial charge in [0.25, 0.3) is 0 Å². The van der Waals surface area contributed by atoms with Crippen LogP contribution in [0.2, 0.25) is 0 Å². The van der Waals surface area contributed by atoms with Gasteiger partial charge in [0.1, 0.15) is 6.04 Å². The Labute approximate surface area is 93.0 Å². The molecule has 0 aliphatic carbocycles. The number of carboxylic acid groups (broad SMARTS) is 1. The Bertz CT molecular complexity index is 277. The molecule has 4 N–H and O–H groups in total. The largest absolute Gasteiger partial charge is 0.480 e. The highest BCUT2D eigenvalue weighted by Gasteiger charge is 2.14. The summed E-state index contributed by atoms with van der Waals surface area (Å²) in [7, 11) is -4.15. The molecule has 0 amide bonds. The Balaban J connectivity index is 3.96. The molecule has 6 nitrogen and oxygen atoms in total. The summed E-state index contributed by atoms with van der Waals surface area (Å²) in [6, 6.07) is -0.746. The van der Waals surface area contributed by atoms with Crippen molar-refractivity contribution in [3.8, 4) is 0 Å². The molecule has 0 aliphatic rings. The molecule has 88 valence electrons. The first kappa shape index (κ1) is 14.7. The SMILES string of the molecule is O=C(O)[C@H](CCS)NCC=CP(=O)(O)O. The molecule has 0 aromatic carbocycles. The van der Waals surface area contributed by atoms with E-state index in [9.17, 15) is 9.36 Å². The maximum atomic E-state index is 10.6. The number of carbonyl (C=O) groups is 1. The number of aliphatic carboxylic acids is 1. The van der Waals surface area contributed by atoms with Gasteiger partial charge in [0, 0.05) is 12.4 Å². The van der Waals surface area contributed by atoms with Gasteiger partial charge in [0.15, 0.2) is 0 Å². The van der Waals surface area contributed by atoms with Crippen LogP contribution < -0.4 is 5.32 Å². The highest BCUT2D eigenvalue weighted by molar-refractivity contribution is 7.80. The Morgan fingerprint density at radius 3 is 2.53 bits per heavy atom. The Morgan fingerprint density at radius 2 is 2.13 bits per heavy atom. The summed E-state index contributed by atoms with van der Waals surface area (Å²) in [5.41, 5.74) is 0. The van der Waals surface area contributed by atoms with Crippen molar-refractivity contribution in [1.29, 1.82) is 0 Å². The molecule has 0 saturated heterocycles. The third-order valence-electron chi connectivity index (χ3n) is 1.50. The van der Waals surface area contributed by atoms with Crippen LogP contribution in [0.25, 0.3) is 0 Å². The molecule has 0 unspecified atom stereocenters. The zero-order valence-electron chi connectivity index (χ0n) is 7.91. The van der Waals surface area contributed by atoms with E-state index in [4.69, 9.17) is 14.9 Å². The first-order chi connectivity index (χ1) is 6.87. The molecule has 0 rings (SSSR count). The molecule has 0 heterocycles. The molecule has 0 bridgehead atoms. The van der Waals surface area contributed by atoms with E-state index in [2.05, 4.69) is 17.9 Å². The molecule has 1 atom stereocenters. The van der Waals surface area contributed by atoms with Crippen LogP contribution in [0, 0.1) is 0 Å². The minimum absolute atomic E-state index is 0.0931. The number of hydrogen-bond acceptors (Lipinski definition) is 4. The number of thiol groups is 1. The van der Waals surface area contributed by atoms with Crippen LogP contribution in [0.4, 0.5) is 0 Å². The number of carboxylic acids is 1. The van der Waals surface area contributed by atoms with E-state index in [1.165, 1.54) is 6.08 Å². The van der Waals surface area contributed by atoms with Crippen molar-refractivity contribution in [2.24, 2.45) is 0 Å². The molecular weight excluding hydrogens is 241 g/mol. The monoisotopic (exact) mass is 255 g/mol. The standard InChI is InChI=1S/C7H14NO5PS/c9-7(10)6(2-5-15)8-3-1-4-14(11,12)13/h1,4,6,8,15H,2-3,5H2,(H,9,10)(H2,11,12,13)/t6-/m0/s1. The van der Waals surface area contributed by atoms with Crippen LogP contribution in [0.5, 0.6) is 0 Å². The second-order valence-electron chi connectivity index (χ2n) is 2.79. The zero-order chi connectivity index (χ0) is 11.9. The van der Waals surface area contributed by atoms with Gasteiger partial charge >= 0.3 is 13.6 Å². The maximum Gasteiger partial charge on any atom is 0.348 e. The van der Waals surface area contributed by atoms with Gasteiger partial charge in [-0.3, -0.25) is 9.36 Å². The van der Waals surface area contributed by atoms with Crippen molar-refractivity contribution in [3.05, 3.63) is 11.9 Å². The molecule has 0 fully saturated rings. The fourth-order valence-corrected chi connectivity index (χ4v) is 1.48. The Morgan fingerprint density at radius 1 is 1.53 bits per heavy atom. The van der Waals surface area contributed by atoms with E-state index in [1.54, 1.807) is 0 Å². The van der Waals surface area contributed by atoms with Gasteiger partial charge in [-0.05, 0) is 12.2 Å². The minimum Gasteiger partial charge on any atom is -0.480 e. The topological polar surface area (TPSA) is 107 Å². The van der Waals surface area contributed by atoms with Crippen molar-refractivity contribution in [3.63, 3.8) is 0 Å². The first-order valence-corrected chi connectivity index (χ1v) is 6.48. The lowest BCUT2D eigenvalue weighted by Gasteiger charge is -2.10. The van der Waals surface area contributed by atoms with E-state index in [0.717, 1.165) is 5.82 Å². The normalized spacial score (nSPS) is 14.3. The van der Waals surface area contributed by atoms with Crippen LogP contribution in [-0.4, -0.2) is 39.2 Å². The maximum absolute atomic E-state index is 10.6. The average molecular weight is 255 g/mol. The van der Waals surface area contributed by atoms with Gasteiger partial charge < -0.3 is 20.2 Å². The molecule has 0 radical (unpaired) electrons. The van der Waals surface area contributed by atoms with E-state index >= 15 is 0 Å². The average Bonchev–Trinajstić information content (AvgIpc) is 2.08. The van der Waals surface area contributed by atoms with Crippen molar-refractivity contribution in [2.75, 3.05) is 12.3 Å². The Hall–Kier alpha value is -0.330. The first-order valence-electron chi connectivity index (χ1n) is 4.17. The lowest BCUT2D eigenvalue weighted by Crippen LogP contribution is -2.37. The summed E-state index contributed by atoms with van der Waals surface area (Å²) in [6.07, 6.45) is 1.55. The van der Waals surface area contributed by atoms with Crippen molar-refractivity contribution in [1.82, 2.24) is 5.32 Å². The van der Waals surface area contributed by atoms with Crippen LogP contribution in [0.3, 0.4) is 0 Å². The van der Waals surface area contributed by atoms with E-state index < -0.39 is 19.6 Å². The van der Waals surface area contributed by atoms with Crippen molar-refractivity contribution in [2.45, 2.75) is 12.5 Å². The second-order valence-corrected chi connectivity index (χ2v) is 4.71. The fraction of sp³-hybridized carbons (Fsp3) is 0.571. The molecule has 15 heavy (non-hydrogen) atoms.